The van der Waals surface area contributed by atoms with Crippen molar-refractivity contribution in [3.05, 3.63) is 57.6 Å². The second kappa shape index (κ2) is 7.47. The fourth-order valence-electron chi connectivity index (χ4n) is 2.81. The summed E-state index contributed by atoms with van der Waals surface area (Å²) in [4.78, 5) is 10.4. The highest BCUT2D eigenvalue weighted by atomic mass is 16.6. The van der Waals surface area contributed by atoms with Gasteiger partial charge < -0.3 is 5.11 Å². The van der Waals surface area contributed by atoms with Crippen LogP contribution in [0, 0.1) is 10.1 Å². The summed E-state index contributed by atoms with van der Waals surface area (Å²) in [7, 11) is 0. The molecule has 2 aromatic rings. The first-order valence-corrected chi connectivity index (χ1v) is 8.50. The summed E-state index contributed by atoms with van der Waals surface area (Å²) in [5.41, 5.74) is 3.90. The zero-order valence-corrected chi connectivity index (χ0v) is 14.7. The minimum Gasteiger partial charge on any atom is -0.507 e. The third-order valence-electron chi connectivity index (χ3n) is 4.87. The van der Waals surface area contributed by atoms with Crippen LogP contribution in [0.15, 0.2) is 36.4 Å². The molecule has 2 unspecified atom stereocenters. The standard InChI is InChI=1S/C20H25NO3/c1-5-13(3)18-11-16(12-19(20(18)22)14(4)6-2)15-7-9-17(10-8-15)21(23)24/h7-14,22H,5-6H2,1-4H3. The highest BCUT2D eigenvalue weighted by molar-refractivity contribution is 5.69. The summed E-state index contributed by atoms with van der Waals surface area (Å²) < 4.78 is 0. The third kappa shape index (κ3) is 3.58. The third-order valence-corrected chi connectivity index (χ3v) is 4.87. The van der Waals surface area contributed by atoms with Crippen LogP contribution in [0.2, 0.25) is 0 Å². The average Bonchev–Trinajstić information content (AvgIpc) is 2.60. The van der Waals surface area contributed by atoms with Crippen LogP contribution in [0.5, 0.6) is 5.75 Å². The van der Waals surface area contributed by atoms with Gasteiger partial charge in [0.1, 0.15) is 5.75 Å². The van der Waals surface area contributed by atoms with Crippen LogP contribution in [0.1, 0.15) is 63.5 Å². The van der Waals surface area contributed by atoms with Gasteiger partial charge in [0.05, 0.1) is 4.92 Å². The van der Waals surface area contributed by atoms with E-state index >= 15 is 0 Å². The van der Waals surface area contributed by atoms with E-state index in [1.165, 1.54) is 12.1 Å². The van der Waals surface area contributed by atoms with Gasteiger partial charge in [-0.3, -0.25) is 10.1 Å². The van der Waals surface area contributed by atoms with Crippen molar-refractivity contribution in [3.8, 4) is 16.9 Å². The molecule has 0 amide bonds. The van der Waals surface area contributed by atoms with E-state index in [0.29, 0.717) is 5.75 Å². The fourth-order valence-corrected chi connectivity index (χ4v) is 2.81. The minimum absolute atomic E-state index is 0.0850. The van der Waals surface area contributed by atoms with E-state index in [-0.39, 0.29) is 17.5 Å². The topological polar surface area (TPSA) is 63.4 Å². The summed E-state index contributed by atoms with van der Waals surface area (Å²) in [6, 6.07) is 10.6. The lowest BCUT2D eigenvalue weighted by Crippen LogP contribution is -2.00. The van der Waals surface area contributed by atoms with E-state index in [4.69, 9.17) is 0 Å². The molecule has 0 aliphatic heterocycles. The lowest BCUT2D eigenvalue weighted by molar-refractivity contribution is -0.384. The lowest BCUT2D eigenvalue weighted by Gasteiger charge is -2.20. The number of hydrogen-bond donors (Lipinski definition) is 1. The molecule has 0 aliphatic carbocycles. The summed E-state index contributed by atoms with van der Waals surface area (Å²) >= 11 is 0. The number of phenolic OH excluding ortho intramolecular Hbond substituents is 1. The number of phenols is 1. The molecule has 2 rings (SSSR count). The zero-order chi connectivity index (χ0) is 17.9. The lowest BCUT2D eigenvalue weighted by atomic mass is 9.87. The quantitative estimate of drug-likeness (QED) is 0.523. The highest BCUT2D eigenvalue weighted by Crippen LogP contribution is 2.39. The van der Waals surface area contributed by atoms with Gasteiger partial charge in [0.25, 0.3) is 5.69 Å². The van der Waals surface area contributed by atoms with Crippen LogP contribution in [-0.2, 0) is 0 Å². The Kier molecular flexibility index (Phi) is 5.60. The Hall–Kier alpha value is -2.36. The Bertz CT molecular complexity index is 691. The number of rotatable bonds is 6. The molecule has 0 aliphatic rings. The van der Waals surface area contributed by atoms with Crippen LogP contribution in [0.3, 0.4) is 0 Å². The molecular formula is C20H25NO3. The minimum atomic E-state index is -0.393. The summed E-state index contributed by atoms with van der Waals surface area (Å²) in [5.74, 6) is 0.904. The first-order valence-electron chi connectivity index (χ1n) is 8.50. The number of nitro groups is 1. The summed E-state index contributed by atoms with van der Waals surface area (Å²) in [5, 5.41) is 21.5. The zero-order valence-electron chi connectivity index (χ0n) is 14.7. The number of aromatic hydroxyl groups is 1. The molecule has 0 radical (unpaired) electrons. The maximum atomic E-state index is 10.8. The van der Waals surface area contributed by atoms with Crippen molar-refractivity contribution >= 4 is 5.69 Å². The van der Waals surface area contributed by atoms with Gasteiger partial charge in [0.2, 0.25) is 0 Å². The van der Waals surface area contributed by atoms with Crippen molar-refractivity contribution in [1.82, 2.24) is 0 Å². The Morgan fingerprint density at radius 2 is 1.42 bits per heavy atom. The molecule has 2 aromatic carbocycles. The van der Waals surface area contributed by atoms with Crippen molar-refractivity contribution in [2.45, 2.75) is 52.4 Å². The molecule has 0 heterocycles. The molecule has 0 saturated carbocycles. The monoisotopic (exact) mass is 327 g/mol. The van der Waals surface area contributed by atoms with Crippen LogP contribution in [0.4, 0.5) is 5.69 Å². The normalized spacial score (nSPS) is 13.5. The molecule has 2 atom stereocenters. The Morgan fingerprint density at radius 1 is 0.958 bits per heavy atom. The van der Waals surface area contributed by atoms with Crippen molar-refractivity contribution < 1.29 is 10.0 Å². The van der Waals surface area contributed by atoms with Gasteiger partial charge in [-0.2, -0.15) is 0 Å². The Balaban J connectivity index is 2.58. The van der Waals surface area contributed by atoms with Gasteiger partial charge in [0, 0.05) is 12.1 Å². The van der Waals surface area contributed by atoms with Gasteiger partial charge in [-0.25, -0.2) is 0 Å². The van der Waals surface area contributed by atoms with Crippen molar-refractivity contribution in [2.75, 3.05) is 0 Å². The SMILES string of the molecule is CCC(C)c1cc(-c2ccc([N+](=O)[O-])cc2)cc(C(C)CC)c1O. The number of hydrogen-bond acceptors (Lipinski definition) is 3. The predicted molar refractivity (Wildman–Crippen MR) is 97.6 cm³/mol. The van der Waals surface area contributed by atoms with E-state index in [9.17, 15) is 15.2 Å². The number of benzene rings is 2. The van der Waals surface area contributed by atoms with E-state index in [1.54, 1.807) is 12.1 Å². The molecule has 0 aromatic heterocycles. The maximum absolute atomic E-state index is 10.8. The number of non-ortho nitro benzene ring substituents is 1. The molecule has 1 N–H and O–H groups in total. The molecule has 24 heavy (non-hydrogen) atoms. The second-order valence-electron chi connectivity index (χ2n) is 6.43. The molecular weight excluding hydrogens is 302 g/mol. The smallest absolute Gasteiger partial charge is 0.269 e. The van der Waals surface area contributed by atoms with E-state index < -0.39 is 4.92 Å². The molecule has 0 spiro atoms. The van der Waals surface area contributed by atoms with Crippen LogP contribution >= 0.6 is 0 Å². The van der Waals surface area contributed by atoms with Crippen LogP contribution in [-0.4, -0.2) is 10.0 Å². The number of nitrogens with zero attached hydrogens (tertiary/aromatic N) is 1. The summed E-state index contributed by atoms with van der Waals surface area (Å²) in [6.07, 6.45) is 1.88. The molecule has 0 fully saturated rings. The molecule has 4 heteroatoms. The Morgan fingerprint density at radius 3 is 1.79 bits per heavy atom. The van der Waals surface area contributed by atoms with E-state index in [1.807, 2.05) is 12.1 Å². The van der Waals surface area contributed by atoms with Gasteiger partial charge in [-0.1, -0.05) is 27.7 Å². The van der Waals surface area contributed by atoms with Crippen molar-refractivity contribution in [2.24, 2.45) is 0 Å². The average molecular weight is 327 g/mol. The molecule has 128 valence electrons. The van der Waals surface area contributed by atoms with E-state index in [0.717, 1.165) is 35.1 Å². The fraction of sp³-hybridized carbons (Fsp3) is 0.400. The first kappa shape index (κ1) is 18.0. The Labute approximate surface area is 143 Å². The van der Waals surface area contributed by atoms with Gasteiger partial charge in [-0.05, 0) is 71.2 Å². The largest absolute Gasteiger partial charge is 0.507 e. The van der Waals surface area contributed by atoms with Gasteiger partial charge >= 0.3 is 0 Å². The van der Waals surface area contributed by atoms with Crippen molar-refractivity contribution in [1.29, 1.82) is 0 Å². The number of nitro benzene ring substituents is 1. The second-order valence-corrected chi connectivity index (χ2v) is 6.43. The summed E-state index contributed by atoms with van der Waals surface area (Å²) in [6.45, 7) is 8.42. The predicted octanol–water partition coefficient (Wildman–Crippen LogP) is 5.99. The van der Waals surface area contributed by atoms with E-state index in [2.05, 4.69) is 27.7 Å². The maximum Gasteiger partial charge on any atom is 0.269 e. The molecule has 4 nitrogen and oxygen atoms in total. The van der Waals surface area contributed by atoms with Crippen molar-refractivity contribution in [3.63, 3.8) is 0 Å². The first-order chi connectivity index (χ1) is 11.4. The molecule has 0 bridgehead atoms. The van der Waals surface area contributed by atoms with Crippen LogP contribution < -0.4 is 0 Å². The van der Waals surface area contributed by atoms with Crippen LogP contribution in [0.25, 0.3) is 11.1 Å². The highest BCUT2D eigenvalue weighted by Gasteiger charge is 2.18. The molecule has 0 saturated heterocycles. The van der Waals surface area contributed by atoms with Gasteiger partial charge in [0.15, 0.2) is 0 Å². The van der Waals surface area contributed by atoms with Gasteiger partial charge in [-0.15, -0.1) is 0 Å².